The van der Waals surface area contributed by atoms with Crippen molar-refractivity contribution in [1.29, 1.82) is 0 Å². The quantitative estimate of drug-likeness (QED) is 0.775. The van der Waals surface area contributed by atoms with Crippen LogP contribution in [0, 0.1) is 0 Å². The van der Waals surface area contributed by atoms with E-state index in [0.717, 1.165) is 45.0 Å². The van der Waals surface area contributed by atoms with E-state index >= 15 is 0 Å². The molecule has 0 saturated carbocycles. The Labute approximate surface area is 123 Å². The van der Waals surface area contributed by atoms with Crippen molar-refractivity contribution in [1.82, 2.24) is 10.2 Å². The van der Waals surface area contributed by atoms with Crippen LogP contribution in [0.3, 0.4) is 0 Å². The first-order chi connectivity index (χ1) is 9.80. The highest BCUT2D eigenvalue weighted by Crippen LogP contribution is 2.25. The molecule has 3 heteroatoms. The van der Waals surface area contributed by atoms with Crippen molar-refractivity contribution >= 4 is 0 Å². The average Bonchev–Trinajstić information content (AvgIpc) is 2.53. The third kappa shape index (κ3) is 3.74. The van der Waals surface area contributed by atoms with Crippen LogP contribution in [0.4, 0.5) is 0 Å². The second kappa shape index (κ2) is 7.65. The fourth-order valence-corrected chi connectivity index (χ4v) is 3.14. The van der Waals surface area contributed by atoms with Crippen LogP contribution in [-0.2, 0) is 0 Å². The Morgan fingerprint density at radius 1 is 1.20 bits per heavy atom. The van der Waals surface area contributed by atoms with Crippen LogP contribution in [0.15, 0.2) is 30.3 Å². The lowest BCUT2D eigenvalue weighted by Crippen LogP contribution is -2.60. The van der Waals surface area contributed by atoms with Crippen LogP contribution < -0.4 is 10.1 Å². The summed E-state index contributed by atoms with van der Waals surface area (Å²) in [5.74, 6) is 0.977. The molecule has 0 spiro atoms. The van der Waals surface area contributed by atoms with Gasteiger partial charge in [0.25, 0.3) is 0 Å². The Bertz CT molecular complexity index is 376. The summed E-state index contributed by atoms with van der Waals surface area (Å²) in [6, 6.07) is 10.1. The molecule has 1 fully saturated rings. The van der Waals surface area contributed by atoms with Gasteiger partial charge in [0.2, 0.25) is 0 Å². The predicted molar refractivity (Wildman–Crippen MR) is 84.3 cm³/mol. The molecule has 0 atom stereocenters. The van der Waals surface area contributed by atoms with Crippen LogP contribution in [0.2, 0.25) is 0 Å². The predicted octanol–water partition coefficient (Wildman–Crippen LogP) is 2.92. The lowest BCUT2D eigenvalue weighted by atomic mass is 9.88. The van der Waals surface area contributed by atoms with E-state index < -0.39 is 0 Å². The van der Waals surface area contributed by atoms with Crippen molar-refractivity contribution in [2.45, 2.75) is 38.6 Å². The monoisotopic (exact) mass is 276 g/mol. The van der Waals surface area contributed by atoms with E-state index in [4.69, 9.17) is 4.74 Å². The molecule has 1 aliphatic rings. The minimum absolute atomic E-state index is 0.352. The first-order valence-corrected chi connectivity index (χ1v) is 7.94. The maximum Gasteiger partial charge on any atom is 0.119 e. The molecule has 1 heterocycles. The second-order valence-corrected chi connectivity index (χ2v) is 5.61. The number of hydrogen-bond donors (Lipinski definition) is 1. The average molecular weight is 276 g/mol. The fourth-order valence-electron chi connectivity index (χ4n) is 3.14. The lowest BCUT2D eigenvalue weighted by Gasteiger charge is -2.47. The van der Waals surface area contributed by atoms with Gasteiger partial charge in [-0.1, -0.05) is 32.0 Å². The van der Waals surface area contributed by atoms with E-state index in [1.54, 1.807) is 0 Å². The topological polar surface area (TPSA) is 24.5 Å². The van der Waals surface area contributed by atoms with Crippen LogP contribution >= 0.6 is 0 Å². The van der Waals surface area contributed by atoms with E-state index in [1.165, 1.54) is 12.8 Å². The number of nitrogens with zero attached hydrogens (tertiary/aromatic N) is 1. The van der Waals surface area contributed by atoms with E-state index in [9.17, 15) is 0 Å². The fraction of sp³-hybridized carbons (Fsp3) is 0.647. The highest BCUT2D eigenvalue weighted by Gasteiger charge is 2.34. The molecule has 0 bridgehead atoms. The largest absolute Gasteiger partial charge is 0.494 e. The summed E-state index contributed by atoms with van der Waals surface area (Å²) in [6.07, 6.45) is 3.53. The van der Waals surface area contributed by atoms with Gasteiger partial charge >= 0.3 is 0 Å². The lowest BCUT2D eigenvalue weighted by molar-refractivity contribution is 0.0476. The first-order valence-electron chi connectivity index (χ1n) is 7.94. The van der Waals surface area contributed by atoms with Crippen molar-refractivity contribution in [2.75, 3.05) is 32.8 Å². The Hall–Kier alpha value is -1.06. The molecule has 0 amide bonds. The molecule has 0 radical (unpaired) electrons. The van der Waals surface area contributed by atoms with Gasteiger partial charge in [-0.2, -0.15) is 0 Å². The van der Waals surface area contributed by atoms with Crippen LogP contribution in [-0.4, -0.2) is 43.2 Å². The van der Waals surface area contributed by atoms with Gasteiger partial charge in [0.15, 0.2) is 0 Å². The van der Waals surface area contributed by atoms with Crippen LogP contribution in [0.5, 0.6) is 5.75 Å². The van der Waals surface area contributed by atoms with Gasteiger partial charge < -0.3 is 10.1 Å². The Kier molecular flexibility index (Phi) is 5.86. The normalized spacial score (nSPS) is 18.9. The zero-order chi connectivity index (χ0) is 14.3. The summed E-state index contributed by atoms with van der Waals surface area (Å²) in [7, 11) is 0. The highest BCUT2D eigenvalue weighted by atomic mass is 16.5. The van der Waals surface area contributed by atoms with Gasteiger partial charge in [-0.25, -0.2) is 0 Å². The van der Waals surface area contributed by atoms with Gasteiger partial charge in [-0.15, -0.1) is 0 Å². The van der Waals surface area contributed by atoms with E-state index in [-0.39, 0.29) is 0 Å². The number of ether oxygens (including phenoxy) is 1. The minimum atomic E-state index is 0.352. The molecule has 1 aliphatic heterocycles. The molecule has 1 saturated heterocycles. The van der Waals surface area contributed by atoms with Gasteiger partial charge in [0.05, 0.1) is 6.61 Å². The zero-order valence-electron chi connectivity index (χ0n) is 12.9. The number of hydrogen-bond acceptors (Lipinski definition) is 3. The maximum absolute atomic E-state index is 5.79. The summed E-state index contributed by atoms with van der Waals surface area (Å²) >= 11 is 0. The smallest absolute Gasteiger partial charge is 0.119 e. The van der Waals surface area contributed by atoms with E-state index in [1.807, 2.05) is 30.3 Å². The standard InChI is InChI=1S/C17H28N2O/c1-3-17(4-2)15-18-11-13-19(17)12-8-14-20-16-9-6-5-7-10-16/h5-7,9-10,18H,3-4,8,11-15H2,1-2H3. The van der Waals surface area contributed by atoms with Crippen molar-refractivity contribution in [3.05, 3.63) is 30.3 Å². The maximum atomic E-state index is 5.79. The summed E-state index contributed by atoms with van der Waals surface area (Å²) in [6.45, 7) is 9.95. The van der Waals surface area contributed by atoms with Crippen molar-refractivity contribution in [2.24, 2.45) is 0 Å². The van der Waals surface area contributed by atoms with Gasteiger partial charge in [0, 0.05) is 31.7 Å². The van der Waals surface area contributed by atoms with E-state index in [0.29, 0.717) is 5.54 Å². The zero-order valence-corrected chi connectivity index (χ0v) is 12.9. The van der Waals surface area contributed by atoms with Crippen molar-refractivity contribution in [3.8, 4) is 5.75 Å². The minimum Gasteiger partial charge on any atom is -0.494 e. The molecule has 3 nitrogen and oxygen atoms in total. The van der Waals surface area contributed by atoms with E-state index in [2.05, 4.69) is 24.1 Å². The second-order valence-electron chi connectivity index (χ2n) is 5.61. The van der Waals surface area contributed by atoms with Crippen molar-refractivity contribution in [3.63, 3.8) is 0 Å². The van der Waals surface area contributed by atoms with Gasteiger partial charge in [-0.05, 0) is 31.4 Å². The number of benzene rings is 1. The molecule has 0 aromatic heterocycles. The van der Waals surface area contributed by atoms with Gasteiger partial charge in [0.1, 0.15) is 5.75 Å². The summed E-state index contributed by atoms with van der Waals surface area (Å²) in [5, 5.41) is 3.55. The first kappa shape index (κ1) is 15.3. The molecule has 20 heavy (non-hydrogen) atoms. The third-order valence-electron chi connectivity index (χ3n) is 4.58. The molecule has 1 N–H and O–H groups in total. The molecule has 2 rings (SSSR count). The third-order valence-corrected chi connectivity index (χ3v) is 4.58. The number of para-hydroxylation sites is 1. The Morgan fingerprint density at radius 3 is 2.65 bits per heavy atom. The van der Waals surface area contributed by atoms with Crippen molar-refractivity contribution < 1.29 is 4.74 Å². The molecule has 112 valence electrons. The molecule has 1 aromatic carbocycles. The highest BCUT2D eigenvalue weighted by molar-refractivity contribution is 5.20. The molecule has 0 unspecified atom stereocenters. The number of rotatable bonds is 7. The molecule has 0 aliphatic carbocycles. The summed E-state index contributed by atoms with van der Waals surface area (Å²) < 4.78 is 5.79. The Balaban J connectivity index is 1.77. The Morgan fingerprint density at radius 2 is 1.95 bits per heavy atom. The SMILES string of the molecule is CCC1(CC)CNCCN1CCCOc1ccccc1. The van der Waals surface area contributed by atoms with Crippen LogP contribution in [0.25, 0.3) is 0 Å². The summed E-state index contributed by atoms with van der Waals surface area (Å²) in [5.41, 5.74) is 0.352. The number of nitrogens with one attached hydrogen (secondary N) is 1. The molecule has 1 aromatic rings. The van der Waals surface area contributed by atoms with Crippen LogP contribution in [0.1, 0.15) is 33.1 Å². The summed E-state index contributed by atoms with van der Waals surface area (Å²) in [4.78, 5) is 2.66. The molecular weight excluding hydrogens is 248 g/mol. The van der Waals surface area contributed by atoms with Gasteiger partial charge in [-0.3, -0.25) is 4.90 Å². The number of piperazine rings is 1. The molecular formula is C17H28N2O.